The number of rotatable bonds is 8. The van der Waals surface area contributed by atoms with Gasteiger partial charge in [-0.1, -0.05) is 17.7 Å². The maximum Gasteiger partial charge on any atom is 0.167 e. The standard InChI is InChI=1S/C21H21ClFN3O2/c1-26(21-19(23)12-16(13-24)20(22)25-21)8-2-10-28-17-5-6-18-14(7-9-27)3-4-15(18)11-17/h5-6,9,11-12,14H,2-4,7-8,10H2,1H3/t14-/m0/s1. The van der Waals surface area contributed by atoms with Crippen molar-refractivity contribution in [2.24, 2.45) is 0 Å². The average molecular weight is 402 g/mol. The number of nitriles is 1. The molecule has 0 radical (unpaired) electrons. The minimum absolute atomic E-state index is 0.00646. The third-order valence-electron chi connectivity index (χ3n) is 5.00. The van der Waals surface area contributed by atoms with Crippen LogP contribution in [0.4, 0.5) is 10.2 Å². The van der Waals surface area contributed by atoms with Crippen molar-refractivity contribution in [1.29, 1.82) is 5.26 Å². The molecule has 5 nitrogen and oxygen atoms in total. The first kappa shape index (κ1) is 20.1. The van der Waals surface area contributed by atoms with E-state index in [1.54, 1.807) is 11.9 Å². The molecular weight excluding hydrogens is 381 g/mol. The fourth-order valence-corrected chi connectivity index (χ4v) is 3.71. The highest BCUT2D eigenvalue weighted by Gasteiger charge is 2.22. The first-order chi connectivity index (χ1) is 13.5. The molecule has 1 atom stereocenters. The van der Waals surface area contributed by atoms with Gasteiger partial charge >= 0.3 is 0 Å². The molecule has 0 bridgehead atoms. The van der Waals surface area contributed by atoms with Crippen molar-refractivity contribution in [3.8, 4) is 11.8 Å². The quantitative estimate of drug-likeness (QED) is 0.375. The van der Waals surface area contributed by atoms with Crippen molar-refractivity contribution in [3.63, 3.8) is 0 Å². The van der Waals surface area contributed by atoms with Gasteiger partial charge in [0, 0.05) is 20.0 Å². The highest BCUT2D eigenvalue weighted by Crippen LogP contribution is 2.36. The van der Waals surface area contributed by atoms with Crippen LogP contribution in [0.15, 0.2) is 24.3 Å². The molecule has 0 saturated heterocycles. The highest BCUT2D eigenvalue weighted by molar-refractivity contribution is 6.30. The van der Waals surface area contributed by atoms with Crippen LogP contribution in [0.5, 0.6) is 5.75 Å². The van der Waals surface area contributed by atoms with Gasteiger partial charge in [0.05, 0.1) is 12.2 Å². The number of anilines is 1. The Kier molecular flexibility index (Phi) is 6.48. The van der Waals surface area contributed by atoms with Crippen LogP contribution in [0, 0.1) is 17.1 Å². The largest absolute Gasteiger partial charge is 0.494 e. The van der Waals surface area contributed by atoms with E-state index in [2.05, 4.69) is 11.1 Å². The zero-order valence-corrected chi connectivity index (χ0v) is 16.4. The van der Waals surface area contributed by atoms with Crippen LogP contribution in [0.2, 0.25) is 5.15 Å². The van der Waals surface area contributed by atoms with Gasteiger partial charge < -0.3 is 14.4 Å². The molecule has 0 unspecified atom stereocenters. The van der Waals surface area contributed by atoms with Crippen molar-refractivity contribution in [1.82, 2.24) is 4.98 Å². The number of hydrogen-bond donors (Lipinski definition) is 0. The number of fused-ring (bicyclic) bond motifs is 1. The van der Waals surface area contributed by atoms with E-state index in [4.69, 9.17) is 21.6 Å². The molecule has 0 N–H and O–H groups in total. The number of aryl methyl sites for hydroxylation is 1. The smallest absolute Gasteiger partial charge is 0.167 e. The molecule has 146 valence electrons. The van der Waals surface area contributed by atoms with E-state index in [0.29, 0.717) is 31.9 Å². The second-order valence-electron chi connectivity index (χ2n) is 6.87. The number of ether oxygens (including phenoxy) is 1. The molecule has 28 heavy (non-hydrogen) atoms. The summed E-state index contributed by atoms with van der Waals surface area (Å²) in [6.45, 7) is 1.00. The lowest BCUT2D eigenvalue weighted by Crippen LogP contribution is -2.23. The molecule has 1 aromatic heterocycles. The van der Waals surface area contributed by atoms with Crippen LogP contribution < -0.4 is 9.64 Å². The Balaban J connectivity index is 1.52. The fraction of sp³-hybridized carbons (Fsp3) is 0.381. The molecular formula is C21H21ClFN3O2. The summed E-state index contributed by atoms with van der Waals surface area (Å²) in [5, 5.41) is 8.86. The minimum atomic E-state index is -0.576. The first-order valence-corrected chi connectivity index (χ1v) is 9.57. The molecule has 7 heteroatoms. The Bertz CT molecular complexity index is 913. The lowest BCUT2D eigenvalue weighted by Gasteiger charge is -2.19. The summed E-state index contributed by atoms with van der Waals surface area (Å²) in [6.07, 6.45) is 4.20. The predicted molar refractivity (Wildman–Crippen MR) is 105 cm³/mol. The van der Waals surface area contributed by atoms with Crippen LogP contribution in [0.25, 0.3) is 0 Å². The van der Waals surface area contributed by atoms with Crippen LogP contribution in [0.3, 0.4) is 0 Å². The summed E-state index contributed by atoms with van der Waals surface area (Å²) in [5.74, 6) is 0.673. The number of aldehydes is 1. The normalized spacial score (nSPS) is 15.0. The zero-order chi connectivity index (χ0) is 20.1. The van der Waals surface area contributed by atoms with Crippen molar-refractivity contribution in [2.75, 3.05) is 25.1 Å². The van der Waals surface area contributed by atoms with Crippen LogP contribution in [0.1, 0.15) is 41.9 Å². The number of pyridine rings is 1. The number of hydrogen-bond acceptors (Lipinski definition) is 5. The lowest BCUT2D eigenvalue weighted by atomic mass is 9.99. The summed E-state index contributed by atoms with van der Waals surface area (Å²) < 4.78 is 19.9. The number of halogens is 2. The highest BCUT2D eigenvalue weighted by atomic mass is 35.5. The van der Waals surface area contributed by atoms with Crippen LogP contribution >= 0.6 is 11.6 Å². The number of carbonyl (C=O) groups is 1. The second kappa shape index (κ2) is 9.03. The van der Waals surface area contributed by atoms with E-state index in [1.165, 1.54) is 11.1 Å². The second-order valence-corrected chi connectivity index (χ2v) is 7.22. The maximum atomic E-state index is 14.1. The van der Waals surface area contributed by atoms with E-state index < -0.39 is 5.82 Å². The van der Waals surface area contributed by atoms with Crippen molar-refractivity contribution in [2.45, 2.75) is 31.6 Å². The fourth-order valence-electron chi connectivity index (χ4n) is 3.53. The summed E-state index contributed by atoms with van der Waals surface area (Å²) in [4.78, 5) is 16.4. The molecule has 1 aromatic carbocycles. The Labute approximate surface area is 168 Å². The van der Waals surface area contributed by atoms with E-state index in [1.807, 2.05) is 18.2 Å². The third kappa shape index (κ3) is 4.42. The van der Waals surface area contributed by atoms with Gasteiger partial charge in [0.15, 0.2) is 11.6 Å². The average Bonchev–Trinajstić information content (AvgIpc) is 3.09. The SMILES string of the molecule is CN(CCCOc1ccc2c(c1)CC[C@H]2CC=O)c1nc(Cl)c(C#N)cc1F. The van der Waals surface area contributed by atoms with Gasteiger partial charge in [0.25, 0.3) is 0 Å². The number of nitrogens with zero attached hydrogens (tertiary/aromatic N) is 3. The monoisotopic (exact) mass is 401 g/mol. The van der Waals surface area contributed by atoms with Gasteiger partial charge in [-0.25, -0.2) is 9.37 Å². The topological polar surface area (TPSA) is 66.2 Å². The Morgan fingerprint density at radius 2 is 2.29 bits per heavy atom. The summed E-state index contributed by atoms with van der Waals surface area (Å²) in [5.41, 5.74) is 2.52. The predicted octanol–water partition coefficient (Wildman–Crippen LogP) is 4.27. The van der Waals surface area contributed by atoms with E-state index in [-0.39, 0.29) is 16.5 Å². The minimum Gasteiger partial charge on any atom is -0.494 e. The van der Waals surface area contributed by atoms with Gasteiger partial charge in [-0.2, -0.15) is 5.26 Å². The van der Waals surface area contributed by atoms with Gasteiger partial charge in [-0.05, 0) is 54.5 Å². The van der Waals surface area contributed by atoms with E-state index in [0.717, 1.165) is 30.9 Å². The van der Waals surface area contributed by atoms with Crippen LogP contribution in [-0.4, -0.2) is 31.5 Å². The molecule has 0 aliphatic heterocycles. The van der Waals surface area contributed by atoms with Gasteiger partial charge in [-0.3, -0.25) is 0 Å². The number of aromatic nitrogens is 1. The molecule has 1 aliphatic carbocycles. The summed E-state index contributed by atoms with van der Waals surface area (Å²) in [6, 6.07) is 8.94. The molecule has 0 saturated carbocycles. The molecule has 3 rings (SSSR count). The van der Waals surface area contributed by atoms with E-state index >= 15 is 0 Å². The van der Waals surface area contributed by atoms with E-state index in [9.17, 15) is 9.18 Å². The molecule has 0 amide bonds. The number of carbonyl (C=O) groups excluding carboxylic acids is 1. The van der Waals surface area contributed by atoms with Crippen molar-refractivity contribution in [3.05, 3.63) is 51.9 Å². The third-order valence-corrected chi connectivity index (χ3v) is 5.28. The van der Waals surface area contributed by atoms with Crippen molar-refractivity contribution < 1.29 is 13.9 Å². The van der Waals surface area contributed by atoms with Gasteiger partial charge in [0.1, 0.15) is 23.3 Å². The summed E-state index contributed by atoms with van der Waals surface area (Å²) >= 11 is 5.89. The molecule has 0 fully saturated rings. The molecule has 1 aliphatic rings. The van der Waals surface area contributed by atoms with Gasteiger partial charge in [0.2, 0.25) is 0 Å². The zero-order valence-electron chi connectivity index (χ0n) is 15.6. The number of benzene rings is 1. The van der Waals surface area contributed by atoms with Crippen molar-refractivity contribution >= 4 is 23.7 Å². The van der Waals surface area contributed by atoms with Gasteiger partial charge in [-0.15, -0.1) is 0 Å². The molecule has 1 heterocycles. The maximum absolute atomic E-state index is 14.1. The molecule has 0 spiro atoms. The Morgan fingerprint density at radius 3 is 3.04 bits per heavy atom. The lowest BCUT2D eigenvalue weighted by molar-refractivity contribution is -0.108. The molecule has 2 aromatic rings. The summed E-state index contributed by atoms with van der Waals surface area (Å²) in [7, 11) is 1.72. The Morgan fingerprint density at radius 1 is 1.46 bits per heavy atom. The first-order valence-electron chi connectivity index (χ1n) is 9.20. The Hall–Kier alpha value is -2.65. The van der Waals surface area contributed by atoms with Crippen LogP contribution in [-0.2, 0) is 11.2 Å².